The summed E-state index contributed by atoms with van der Waals surface area (Å²) in [6.07, 6.45) is 6.03. The molecule has 1 aliphatic rings. The molecule has 0 aliphatic heterocycles. The van der Waals surface area contributed by atoms with Crippen LogP contribution < -0.4 is 10.1 Å². The Hall–Kier alpha value is -1.94. The van der Waals surface area contributed by atoms with Gasteiger partial charge >= 0.3 is 0 Å². The van der Waals surface area contributed by atoms with Gasteiger partial charge in [0.25, 0.3) is 0 Å². The predicted octanol–water partition coefficient (Wildman–Crippen LogP) is 2.31. The van der Waals surface area contributed by atoms with Crippen LogP contribution in [0.3, 0.4) is 0 Å². The number of nitrogens with zero attached hydrogens (tertiary/aromatic N) is 2. The summed E-state index contributed by atoms with van der Waals surface area (Å²) < 4.78 is 5.59. The van der Waals surface area contributed by atoms with E-state index in [1.807, 2.05) is 30.3 Å². The molecule has 2 aromatic rings. The summed E-state index contributed by atoms with van der Waals surface area (Å²) in [4.78, 5) is 8.61. The molecule has 0 atom stereocenters. The van der Waals surface area contributed by atoms with Crippen LogP contribution >= 0.6 is 0 Å². The lowest BCUT2D eigenvalue weighted by atomic mass is 10.2. The van der Waals surface area contributed by atoms with E-state index in [2.05, 4.69) is 15.3 Å². The molecule has 1 N–H and O–H groups in total. The Bertz CT molecular complexity index is 509. The summed E-state index contributed by atoms with van der Waals surface area (Å²) >= 11 is 0. The molecule has 0 spiro atoms. The molecule has 1 saturated carbocycles. The lowest BCUT2D eigenvalue weighted by Gasteiger charge is -2.06. The third kappa shape index (κ3) is 3.76. The van der Waals surface area contributed by atoms with Crippen LogP contribution in [0.15, 0.2) is 42.7 Å². The normalized spacial score (nSPS) is 14.3. The van der Waals surface area contributed by atoms with E-state index in [0.29, 0.717) is 18.5 Å². The number of rotatable bonds is 6. The molecule has 1 aliphatic carbocycles. The van der Waals surface area contributed by atoms with Gasteiger partial charge in [0.2, 0.25) is 5.88 Å². The van der Waals surface area contributed by atoms with Crippen LogP contribution in [0.1, 0.15) is 24.1 Å². The van der Waals surface area contributed by atoms with Gasteiger partial charge in [-0.3, -0.25) is 4.98 Å². The highest BCUT2D eigenvalue weighted by Crippen LogP contribution is 2.19. The average Bonchev–Trinajstić information content (AvgIpc) is 3.29. The molecule has 0 radical (unpaired) electrons. The highest BCUT2D eigenvalue weighted by molar-refractivity contribution is 5.15. The van der Waals surface area contributed by atoms with Gasteiger partial charge in [-0.15, -0.1) is 0 Å². The summed E-state index contributed by atoms with van der Waals surface area (Å²) in [5, 5.41) is 3.41. The molecule has 0 bridgehead atoms. The molecule has 1 heterocycles. The molecule has 1 fully saturated rings. The first-order valence-corrected chi connectivity index (χ1v) is 6.61. The fourth-order valence-electron chi connectivity index (χ4n) is 1.78. The standard InChI is InChI=1S/C15H17N3O/c1-2-4-12(5-3-1)11-19-15-10-17-14(9-18-15)8-16-13-6-7-13/h1-5,9-10,13,16H,6-8,11H2. The third-order valence-electron chi connectivity index (χ3n) is 3.06. The van der Waals surface area contributed by atoms with Gasteiger partial charge < -0.3 is 10.1 Å². The van der Waals surface area contributed by atoms with Gasteiger partial charge in [0, 0.05) is 12.6 Å². The van der Waals surface area contributed by atoms with Crippen LogP contribution in [0.25, 0.3) is 0 Å². The van der Waals surface area contributed by atoms with Gasteiger partial charge in [-0.1, -0.05) is 30.3 Å². The molecule has 4 nitrogen and oxygen atoms in total. The number of ether oxygens (including phenoxy) is 1. The van der Waals surface area contributed by atoms with E-state index in [1.54, 1.807) is 12.4 Å². The molecule has 4 heteroatoms. The molecule has 3 rings (SSSR count). The fourth-order valence-corrected chi connectivity index (χ4v) is 1.78. The highest BCUT2D eigenvalue weighted by atomic mass is 16.5. The molecule has 1 aromatic heterocycles. The minimum atomic E-state index is 0.523. The smallest absolute Gasteiger partial charge is 0.232 e. The maximum absolute atomic E-state index is 5.59. The van der Waals surface area contributed by atoms with Gasteiger partial charge in [0.15, 0.2) is 0 Å². The van der Waals surface area contributed by atoms with E-state index in [-0.39, 0.29) is 0 Å². The van der Waals surface area contributed by atoms with Crippen molar-refractivity contribution in [3.05, 3.63) is 54.0 Å². The molecule has 1 aromatic carbocycles. The van der Waals surface area contributed by atoms with Crippen molar-refractivity contribution >= 4 is 0 Å². The average molecular weight is 255 g/mol. The Kier molecular flexibility index (Phi) is 3.70. The Morgan fingerprint density at radius 3 is 2.63 bits per heavy atom. The van der Waals surface area contributed by atoms with Gasteiger partial charge in [-0.2, -0.15) is 0 Å². The first-order chi connectivity index (χ1) is 9.40. The van der Waals surface area contributed by atoms with E-state index in [4.69, 9.17) is 4.74 Å². The minimum absolute atomic E-state index is 0.523. The zero-order valence-electron chi connectivity index (χ0n) is 10.7. The zero-order valence-corrected chi connectivity index (χ0v) is 10.7. The number of hydrogen-bond donors (Lipinski definition) is 1. The van der Waals surface area contributed by atoms with Crippen molar-refractivity contribution in [3.63, 3.8) is 0 Å². The van der Waals surface area contributed by atoms with Crippen molar-refractivity contribution < 1.29 is 4.74 Å². The summed E-state index contributed by atoms with van der Waals surface area (Å²) in [6.45, 7) is 1.31. The minimum Gasteiger partial charge on any atom is -0.472 e. The van der Waals surface area contributed by atoms with Crippen LogP contribution in [0.5, 0.6) is 5.88 Å². The Balaban J connectivity index is 1.50. The highest BCUT2D eigenvalue weighted by Gasteiger charge is 2.20. The summed E-state index contributed by atoms with van der Waals surface area (Å²) in [7, 11) is 0. The summed E-state index contributed by atoms with van der Waals surface area (Å²) in [6, 6.07) is 10.7. The van der Waals surface area contributed by atoms with E-state index < -0.39 is 0 Å². The van der Waals surface area contributed by atoms with E-state index in [9.17, 15) is 0 Å². The summed E-state index contributed by atoms with van der Waals surface area (Å²) in [5.41, 5.74) is 2.09. The lowest BCUT2D eigenvalue weighted by molar-refractivity contribution is 0.292. The fraction of sp³-hybridized carbons (Fsp3) is 0.333. The monoisotopic (exact) mass is 255 g/mol. The van der Waals surface area contributed by atoms with Crippen LogP contribution in [0.4, 0.5) is 0 Å². The molecular formula is C15H17N3O. The maximum atomic E-state index is 5.59. The zero-order chi connectivity index (χ0) is 12.9. The molecule has 0 saturated heterocycles. The van der Waals surface area contributed by atoms with Crippen molar-refractivity contribution in [2.75, 3.05) is 0 Å². The number of benzene rings is 1. The Labute approximate surface area is 112 Å². The van der Waals surface area contributed by atoms with Crippen LogP contribution in [0, 0.1) is 0 Å². The number of nitrogens with one attached hydrogen (secondary N) is 1. The predicted molar refractivity (Wildman–Crippen MR) is 72.7 cm³/mol. The molecular weight excluding hydrogens is 238 g/mol. The van der Waals surface area contributed by atoms with Crippen molar-refractivity contribution in [2.45, 2.75) is 32.0 Å². The quantitative estimate of drug-likeness (QED) is 0.860. The molecule has 98 valence electrons. The van der Waals surface area contributed by atoms with Crippen molar-refractivity contribution in [3.8, 4) is 5.88 Å². The van der Waals surface area contributed by atoms with Crippen molar-refractivity contribution in [1.29, 1.82) is 0 Å². The van der Waals surface area contributed by atoms with E-state index in [1.165, 1.54) is 12.8 Å². The second-order valence-corrected chi connectivity index (χ2v) is 4.78. The number of aromatic nitrogens is 2. The first-order valence-electron chi connectivity index (χ1n) is 6.61. The van der Waals surface area contributed by atoms with Gasteiger partial charge in [0.05, 0.1) is 18.1 Å². The van der Waals surface area contributed by atoms with E-state index in [0.717, 1.165) is 17.8 Å². The third-order valence-corrected chi connectivity index (χ3v) is 3.06. The largest absolute Gasteiger partial charge is 0.472 e. The second kappa shape index (κ2) is 5.80. The van der Waals surface area contributed by atoms with Gasteiger partial charge in [-0.25, -0.2) is 4.98 Å². The topological polar surface area (TPSA) is 47.0 Å². The van der Waals surface area contributed by atoms with Crippen molar-refractivity contribution in [1.82, 2.24) is 15.3 Å². The molecule has 0 unspecified atom stereocenters. The first kappa shape index (κ1) is 12.1. The second-order valence-electron chi connectivity index (χ2n) is 4.78. The van der Waals surface area contributed by atoms with Crippen LogP contribution in [-0.2, 0) is 13.2 Å². The van der Waals surface area contributed by atoms with E-state index >= 15 is 0 Å². The molecule has 0 amide bonds. The van der Waals surface area contributed by atoms with Crippen LogP contribution in [-0.4, -0.2) is 16.0 Å². The maximum Gasteiger partial charge on any atom is 0.232 e. The summed E-state index contributed by atoms with van der Waals surface area (Å²) in [5.74, 6) is 0.569. The lowest BCUT2D eigenvalue weighted by Crippen LogP contribution is -2.16. The molecule has 19 heavy (non-hydrogen) atoms. The Morgan fingerprint density at radius 2 is 1.95 bits per heavy atom. The van der Waals surface area contributed by atoms with Crippen molar-refractivity contribution in [2.24, 2.45) is 0 Å². The number of hydrogen-bond acceptors (Lipinski definition) is 4. The Morgan fingerprint density at radius 1 is 1.11 bits per heavy atom. The van der Waals surface area contributed by atoms with Crippen LogP contribution in [0.2, 0.25) is 0 Å². The van der Waals surface area contributed by atoms with Gasteiger partial charge in [0.1, 0.15) is 6.61 Å². The van der Waals surface area contributed by atoms with Gasteiger partial charge in [-0.05, 0) is 18.4 Å². The SMILES string of the molecule is c1ccc(COc2cnc(CNC3CC3)cn2)cc1.